The summed E-state index contributed by atoms with van der Waals surface area (Å²) in [5, 5.41) is 4.97. The standard InChI is InChI=1S/C24H25N3O2S/c1-16(28)25-20-6-4-18(5-7-20)22-8-9-23(29)27-13-17-11-19(24(22)27)14-26(12-17)15-21-3-2-10-30-21/h2-10,17,19H,11-15H2,1H3,(H,25,28)/p+1/t17-,19+/m0/s1. The van der Waals surface area contributed by atoms with Gasteiger partial charge in [-0.2, -0.15) is 0 Å². The first-order valence-corrected chi connectivity index (χ1v) is 11.4. The van der Waals surface area contributed by atoms with Gasteiger partial charge in [0, 0.05) is 48.3 Å². The number of pyridine rings is 1. The highest BCUT2D eigenvalue weighted by molar-refractivity contribution is 7.09. The molecule has 1 aromatic carbocycles. The Kier molecular flexibility index (Phi) is 5.05. The van der Waals surface area contributed by atoms with Gasteiger partial charge < -0.3 is 14.8 Å². The van der Waals surface area contributed by atoms with Crippen molar-refractivity contribution in [3.05, 3.63) is 74.8 Å². The number of hydrogen-bond donors (Lipinski definition) is 2. The van der Waals surface area contributed by atoms with Crippen molar-refractivity contribution in [2.45, 2.75) is 32.4 Å². The van der Waals surface area contributed by atoms with E-state index in [1.165, 1.54) is 17.5 Å². The molecule has 0 aliphatic carbocycles. The number of rotatable bonds is 4. The zero-order valence-corrected chi connectivity index (χ0v) is 17.9. The topological polar surface area (TPSA) is 55.5 Å². The Bertz CT molecular complexity index is 1120. The van der Waals surface area contributed by atoms with Crippen LogP contribution < -0.4 is 15.8 Å². The Hall–Kier alpha value is -2.70. The van der Waals surface area contributed by atoms with Crippen LogP contribution in [0.1, 0.15) is 29.8 Å². The van der Waals surface area contributed by atoms with E-state index >= 15 is 0 Å². The smallest absolute Gasteiger partial charge is 0.250 e. The monoisotopic (exact) mass is 420 g/mol. The van der Waals surface area contributed by atoms with E-state index in [2.05, 4.69) is 22.8 Å². The maximum Gasteiger partial charge on any atom is 0.250 e. The van der Waals surface area contributed by atoms with E-state index in [1.807, 2.05) is 46.2 Å². The molecule has 3 aromatic rings. The van der Waals surface area contributed by atoms with Gasteiger partial charge in [-0.05, 0) is 41.6 Å². The number of nitrogens with one attached hydrogen (secondary N) is 2. The average Bonchev–Trinajstić information content (AvgIpc) is 3.22. The first kappa shape index (κ1) is 19.3. The first-order valence-electron chi connectivity index (χ1n) is 10.5. The van der Waals surface area contributed by atoms with Crippen LogP contribution in [0.3, 0.4) is 0 Å². The zero-order chi connectivity index (χ0) is 20.7. The average molecular weight is 421 g/mol. The largest absolute Gasteiger partial charge is 0.330 e. The number of anilines is 1. The predicted molar refractivity (Wildman–Crippen MR) is 120 cm³/mol. The lowest BCUT2D eigenvalue weighted by Gasteiger charge is -2.41. The quantitative estimate of drug-likeness (QED) is 0.682. The molecule has 2 aliphatic rings. The van der Waals surface area contributed by atoms with Gasteiger partial charge in [-0.25, -0.2) is 0 Å². The molecule has 4 heterocycles. The Labute approximate surface area is 180 Å². The summed E-state index contributed by atoms with van der Waals surface area (Å²) >= 11 is 1.83. The molecule has 5 rings (SSSR count). The van der Waals surface area contributed by atoms with E-state index in [-0.39, 0.29) is 11.5 Å². The number of nitrogens with zero attached hydrogens (tertiary/aromatic N) is 1. The van der Waals surface area contributed by atoms with Crippen LogP contribution in [0.2, 0.25) is 0 Å². The lowest BCUT2D eigenvalue weighted by molar-refractivity contribution is -0.924. The van der Waals surface area contributed by atoms with E-state index < -0.39 is 0 Å². The minimum absolute atomic E-state index is 0.0755. The molecule has 0 saturated carbocycles. The Morgan fingerprint density at radius 1 is 1.17 bits per heavy atom. The van der Waals surface area contributed by atoms with E-state index in [1.54, 1.807) is 11.0 Å². The molecular weight excluding hydrogens is 394 g/mol. The fourth-order valence-corrected chi connectivity index (χ4v) is 6.00. The van der Waals surface area contributed by atoms with Crippen molar-refractivity contribution in [2.24, 2.45) is 5.92 Å². The number of hydrogen-bond acceptors (Lipinski definition) is 3. The van der Waals surface area contributed by atoms with Crippen LogP contribution >= 0.6 is 11.3 Å². The second-order valence-corrected chi connectivity index (χ2v) is 9.58. The number of fused-ring (bicyclic) bond motifs is 4. The number of carbonyl (C=O) groups excluding carboxylic acids is 1. The number of amides is 1. The van der Waals surface area contributed by atoms with Gasteiger partial charge in [0.2, 0.25) is 5.91 Å². The lowest BCUT2D eigenvalue weighted by atomic mass is 9.80. The van der Waals surface area contributed by atoms with Gasteiger partial charge in [0.05, 0.1) is 18.0 Å². The van der Waals surface area contributed by atoms with Crippen molar-refractivity contribution in [1.82, 2.24) is 4.57 Å². The highest BCUT2D eigenvalue weighted by Crippen LogP contribution is 2.37. The molecule has 3 atom stereocenters. The number of quaternary nitrogens is 1. The van der Waals surface area contributed by atoms with Gasteiger partial charge in [0.1, 0.15) is 6.54 Å². The van der Waals surface area contributed by atoms with Crippen molar-refractivity contribution < 1.29 is 9.69 Å². The van der Waals surface area contributed by atoms with Gasteiger partial charge in [0.15, 0.2) is 0 Å². The number of thiophene rings is 1. The molecule has 1 amide bonds. The fraction of sp³-hybridized carbons (Fsp3) is 0.333. The van der Waals surface area contributed by atoms with Crippen LogP contribution in [-0.4, -0.2) is 23.6 Å². The number of likely N-dealkylation sites (tertiary alicyclic amines) is 1. The summed E-state index contributed by atoms with van der Waals surface area (Å²) in [6.45, 7) is 5.60. The summed E-state index contributed by atoms with van der Waals surface area (Å²) in [5.41, 5.74) is 4.33. The van der Waals surface area contributed by atoms with Gasteiger partial charge in [-0.15, -0.1) is 11.3 Å². The zero-order valence-electron chi connectivity index (χ0n) is 17.1. The molecule has 1 saturated heterocycles. The second kappa shape index (κ2) is 7.85. The molecular formula is C24H26N3O2S+. The molecule has 5 nitrogen and oxygen atoms in total. The van der Waals surface area contributed by atoms with Crippen LogP contribution in [0.15, 0.2) is 58.7 Å². The maximum atomic E-state index is 12.7. The van der Waals surface area contributed by atoms with Crippen molar-refractivity contribution in [1.29, 1.82) is 0 Å². The third-order valence-corrected chi connectivity index (χ3v) is 7.18. The summed E-state index contributed by atoms with van der Waals surface area (Å²) in [4.78, 5) is 27.1. The summed E-state index contributed by atoms with van der Waals surface area (Å²) < 4.78 is 2.03. The second-order valence-electron chi connectivity index (χ2n) is 8.55. The summed E-state index contributed by atoms with van der Waals surface area (Å²) in [7, 11) is 0. The Balaban J connectivity index is 1.48. The minimum Gasteiger partial charge on any atom is -0.330 e. The third-order valence-electron chi connectivity index (χ3n) is 6.30. The van der Waals surface area contributed by atoms with Crippen molar-refractivity contribution in [3.8, 4) is 11.1 Å². The first-order chi connectivity index (χ1) is 14.6. The number of carbonyl (C=O) groups is 1. The van der Waals surface area contributed by atoms with Crippen LogP contribution in [0.5, 0.6) is 0 Å². The summed E-state index contributed by atoms with van der Waals surface area (Å²) in [6.07, 6.45) is 1.16. The molecule has 0 radical (unpaired) electrons. The molecule has 2 aliphatic heterocycles. The highest BCUT2D eigenvalue weighted by Gasteiger charge is 2.38. The Morgan fingerprint density at radius 3 is 2.73 bits per heavy atom. The van der Waals surface area contributed by atoms with E-state index in [4.69, 9.17) is 0 Å². The minimum atomic E-state index is -0.0755. The lowest BCUT2D eigenvalue weighted by Crippen LogP contribution is -3.13. The maximum absolute atomic E-state index is 12.7. The van der Waals surface area contributed by atoms with E-state index in [0.717, 1.165) is 49.4 Å². The van der Waals surface area contributed by atoms with Crippen LogP contribution in [0, 0.1) is 5.92 Å². The number of benzene rings is 1. The molecule has 1 fully saturated rings. The predicted octanol–water partition coefficient (Wildman–Crippen LogP) is 2.74. The number of aromatic nitrogens is 1. The van der Waals surface area contributed by atoms with Crippen molar-refractivity contribution >= 4 is 22.9 Å². The molecule has 1 unspecified atom stereocenters. The Morgan fingerprint density at radius 2 is 2.00 bits per heavy atom. The summed E-state index contributed by atoms with van der Waals surface area (Å²) in [5.74, 6) is 0.876. The van der Waals surface area contributed by atoms with Crippen LogP contribution in [0.4, 0.5) is 5.69 Å². The van der Waals surface area contributed by atoms with Gasteiger partial charge in [0.25, 0.3) is 5.56 Å². The molecule has 0 spiro atoms. The highest BCUT2D eigenvalue weighted by atomic mass is 32.1. The van der Waals surface area contributed by atoms with E-state index in [0.29, 0.717) is 11.8 Å². The molecule has 2 bridgehead atoms. The van der Waals surface area contributed by atoms with Crippen molar-refractivity contribution in [2.75, 3.05) is 18.4 Å². The third kappa shape index (κ3) is 3.73. The molecule has 30 heavy (non-hydrogen) atoms. The van der Waals surface area contributed by atoms with E-state index in [9.17, 15) is 9.59 Å². The van der Waals surface area contributed by atoms with Crippen molar-refractivity contribution in [3.63, 3.8) is 0 Å². The fourth-order valence-electron chi connectivity index (χ4n) is 5.22. The molecule has 154 valence electrons. The molecule has 2 N–H and O–H groups in total. The normalized spacial score (nSPS) is 22.4. The number of piperidine rings is 1. The van der Waals surface area contributed by atoms with Gasteiger partial charge >= 0.3 is 0 Å². The summed E-state index contributed by atoms with van der Waals surface area (Å²) in [6, 6.07) is 16.0. The van der Waals surface area contributed by atoms with Gasteiger partial charge in [-0.1, -0.05) is 18.2 Å². The SMILES string of the molecule is CC(=O)Nc1ccc(-c2ccc(=O)n3c2[C@@H]2C[C@H](C3)C[NH+](Cc3cccs3)C2)cc1. The molecule has 6 heteroatoms. The van der Waals surface area contributed by atoms with Crippen LogP contribution in [-0.2, 0) is 17.9 Å². The molecule has 2 aromatic heterocycles. The van der Waals surface area contributed by atoms with Crippen LogP contribution in [0.25, 0.3) is 11.1 Å². The van der Waals surface area contributed by atoms with Gasteiger partial charge in [-0.3, -0.25) is 9.59 Å².